The van der Waals surface area contributed by atoms with Gasteiger partial charge in [0, 0.05) is 6.42 Å². The monoisotopic (exact) mass is 200 g/mol. The Morgan fingerprint density at radius 1 is 1.42 bits per heavy atom. The average molecular weight is 200 g/mol. The zero-order valence-corrected chi connectivity index (χ0v) is 10.5. The Morgan fingerprint density at radius 2 is 2.00 bits per heavy atom. The highest BCUT2D eigenvalue weighted by Gasteiger charge is 2.22. The molecule has 0 rings (SSSR count). The first-order valence-corrected chi connectivity index (χ1v) is 9.86. The Bertz CT molecular complexity index is 163. The van der Waals surface area contributed by atoms with Gasteiger partial charge in [-0.3, -0.25) is 0 Å². The molecule has 0 heterocycles. The molecule has 0 bridgehead atoms. The van der Waals surface area contributed by atoms with Gasteiger partial charge in [-0.1, -0.05) is 0 Å². The molecular formula is C8H18NOSi2. The van der Waals surface area contributed by atoms with Crippen molar-refractivity contribution in [3.05, 3.63) is 0 Å². The largest absolute Gasteiger partial charge is 0.456 e. The second-order valence-corrected chi connectivity index (χ2v) is 10.4. The van der Waals surface area contributed by atoms with E-state index in [1.165, 1.54) is 0 Å². The van der Waals surface area contributed by atoms with Crippen LogP contribution in [-0.2, 0) is 4.12 Å². The van der Waals surface area contributed by atoms with Gasteiger partial charge in [0.2, 0.25) is 0 Å². The summed E-state index contributed by atoms with van der Waals surface area (Å²) in [6.07, 6.45) is 1.68. The van der Waals surface area contributed by atoms with Crippen LogP contribution in [0, 0.1) is 11.3 Å². The summed E-state index contributed by atoms with van der Waals surface area (Å²) < 4.78 is 5.92. The van der Waals surface area contributed by atoms with Gasteiger partial charge < -0.3 is 4.12 Å². The number of nitrogens with zero attached hydrogens (tertiary/aromatic N) is 1. The van der Waals surface area contributed by atoms with Crippen LogP contribution in [0.25, 0.3) is 0 Å². The van der Waals surface area contributed by atoms with Gasteiger partial charge in [-0.05, 0) is 38.7 Å². The molecule has 12 heavy (non-hydrogen) atoms. The first-order chi connectivity index (χ1) is 5.48. The molecule has 0 aliphatic carbocycles. The zero-order valence-electron chi connectivity index (χ0n) is 8.48. The normalized spacial score (nSPS) is 11.7. The van der Waals surface area contributed by atoms with Crippen LogP contribution in [0.1, 0.15) is 12.8 Å². The van der Waals surface area contributed by atoms with Crippen molar-refractivity contribution < 1.29 is 4.12 Å². The van der Waals surface area contributed by atoms with Crippen LogP contribution in [-0.4, -0.2) is 17.4 Å². The van der Waals surface area contributed by atoms with Crippen molar-refractivity contribution in [3.63, 3.8) is 0 Å². The molecule has 0 atom stereocenters. The van der Waals surface area contributed by atoms with Crippen molar-refractivity contribution in [1.29, 1.82) is 5.26 Å². The highest BCUT2D eigenvalue weighted by Crippen LogP contribution is 2.15. The van der Waals surface area contributed by atoms with Crippen LogP contribution in [0.4, 0.5) is 0 Å². The van der Waals surface area contributed by atoms with Gasteiger partial charge in [0.1, 0.15) is 0 Å². The first-order valence-electron chi connectivity index (χ1n) is 4.34. The molecule has 0 aromatic carbocycles. The number of hydrogen-bond donors (Lipinski definition) is 0. The van der Waals surface area contributed by atoms with E-state index in [0.29, 0.717) is 6.42 Å². The summed E-state index contributed by atoms with van der Waals surface area (Å²) in [6.45, 7) is 8.82. The lowest BCUT2D eigenvalue weighted by molar-refractivity contribution is 0.566. The van der Waals surface area contributed by atoms with E-state index >= 15 is 0 Å². The smallest absolute Gasteiger partial charge is 0.191 e. The van der Waals surface area contributed by atoms with E-state index < -0.39 is 17.4 Å². The minimum Gasteiger partial charge on any atom is -0.456 e. The SMILES string of the molecule is C[Si](C)O[Si](C)(C)CCCC#N. The Hall–Kier alpha value is -0.116. The third-order valence-electron chi connectivity index (χ3n) is 1.55. The summed E-state index contributed by atoms with van der Waals surface area (Å²) in [5.74, 6) is 0. The quantitative estimate of drug-likeness (QED) is 0.505. The van der Waals surface area contributed by atoms with Gasteiger partial charge in [-0.15, -0.1) is 0 Å². The molecule has 0 amide bonds. The predicted molar refractivity (Wildman–Crippen MR) is 55.7 cm³/mol. The van der Waals surface area contributed by atoms with Crippen molar-refractivity contribution in [2.24, 2.45) is 0 Å². The summed E-state index contributed by atoms with van der Waals surface area (Å²) in [4.78, 5) is 0. The molecule has 69 valence electrons. The molecule has 0 aromatic heterocycles. The predicted octanol–water partition coefficient (Wildman–Crippen LogP) is 2.76. The molecule has 0 saturated carbocycles. The van der Waals surface area contributed by atoms with E-state index in [-0.39, 0.29) is 0 Å². The lowest BCUT2D eigenvalue weighted by atomic mass is 10.4. The highest BCUT2D eigenvalue weighted by atomic mass is 28.4. The van der Waals surface area contributed by atoms with Gasteiger partial charge in [0.05, 0.1) is 6.07 Å². The summed E-state index contributed by atoms with van der Waals surface area (Å²) in [5, 5.41) is 8.38. The number of hydrogen-bond acceptors (Lipinski definition) is 2. The number of unbranched alkanes of at least 4 members (excludes halogenated alkanes) is 1. The number of nitriles is 1. The summed E-state index contributed by atoms with van der Waals surface area (Å²) in [5.41, 5.74) is 0. The van der Waals surface area contributed by atoms with E-state index in [1.54, 1.807) is 0 Å². The van der Waals surface area contributed by atoms with Gasteiger partial charge in [-0.25, -0.2) is 0 Å². The van der Waals surface area contributed by atoms with Crippen LogP contribution < -0.4 is 0 Å². The fourth-order valence-electron chi connectivity index (χ4n) is 1.20. The summed E-state index contributed by atoms with van der Waals surface area (Å²) in [6, 6.07) is 3.29. The minimum absolute atomic E-state index is 0.549. The van der Waals surface area contributed by atoms with E-state index in [9.17, 15) is 0 Å². The van der Waals surface area contributed by atoms with E-state index in [1.807, 2.05) is 0 Å². The topological polar surface area (TPSA) is 33.0 Å². The van der Waals surface area contributed by atoms with Crippen LogP contribution in [0.3, 0.4) is 0 Å². The molecule has 0 unspecified atom stereocenters. The lowest BCUT2D eigenvalue weighted by Gasteiger charge is -2.24. The maximum absolute atomic E-state index is 8.38. The molecule has 0 N–H and O–H groups in total. The van der Waals surface area contributed by atoms with Gasteiger partial charge >= 0.3 is 0 Å². The maximum atomic E-state index is 8.38. The highest BCUT2D eigenvalue weighted by molar-refractivity contribution is 6.77. The van der Waals surface area contributed by atoms with Crippen LogP contribution in [0.5, 0.6) is 0 Å². The standard InChI is InChI=1S/C8H18NOSi2/c1-11(2)10-12(3,4)8-6-5-7-9/h5-6,8H2,1-4H3. The molecule has 0 spiro atoms. The Kier molecular flexibility index (Phi) is 5.46. The third kappa shape index (κ3) is 6.59. The van der Waals surface area contributed by atoms with Crippen molar-refractivity contribution in [1.82, 2.24) is 0 Å². The van der Waals surface area contributed by atoms with Gasteiger partial charge in [0.25, 0.3) is 0 Å². The number of rotatable bonds is 5. The second kappa shape index (κ2) is 5.52. The molecule has 4 heteroatoms. The van der Waals surface area contributed by atoms with Crippen molar-refractivity contribution >= 4 is 17.4 Å². The third-order valence-corrected chi connectivity index (χ3v) is 6.95. The summed E-state index contributed by atoms with van der Waals surface area (Å²) >= 11 is 0. The molecule has 0 aromatic rings. The molecular weight excluding hydrogens is 182 g/mol. The Balaban J connectivity index is 3.65. The Morgan fingerprint density at radius 3 is 2.42 bits per heavy atom. The molecule has 0 saturated heterocycles. The van der Waals surface area contributed by atoms with Gasteiger partial charge in [-0.2, -0.15) is 5.26 Å². The molecule has 0 fully saturated rings. The van der Waals surface area contributed by atoms with Crippen LogP contribution in [0.15, 0.2) is 0 Å². The Labute approximate surface area is 78.4 Å². The molecule has 1 radical (unpaired) electrons. The summed E-state index contributed by atoms with van der Waals surface area (Å²) in [7, 11) is -1.96. The van der Waals surface area contributed by atoms with E-state index in [0.717, 1.165) is 12.5 Å². The molecule has 0 aliphatic rings. The zero-order chi connectivity index (χ0) is 9.61. The lowest BCUT2D eigenvalue weighted by Crippen LogP contribution is -2.34. The fraction of sp³-hybridized carbons (Fsp3) is 0.875. The average Bonchev–Trinajstić information content (AvgIpc) is 1.84. The molecule has 2 nitrogen and oxygen atoms in total. The van der Waals surface area contributed by atoms with Crippen molar-refractivity contribution in [2.75, 3.05) is 0 Å². The first kappa shape index (κ1) is 11.9. The van der Waals surface area contributed by atoms with E-state index in [2.05, 4.69) is 32.3 Å². The molecule has 0 aliphatic heterocycles. The van der Waals surface area contributed by atoms with Crippen LogP contribution >= 0.6 is 0 Å². The second-order valence-electron chi connectivity index (χ2n) is 3.78. The minimum atomic E-state index is -1.41. The maximum Gasteiger partial charge on any atom is 0.191 e. The van der Waals surface area contributed by atoms with Crippen molar-refractivity contribution in [3.8, 4) is 6.07 Å². The van der Waals surface area contributed by atoms with Crippen LogP contribution in [0.2, 0.25) is 32.2 Å². The fourth-order valence-corrected chi connectivity index (χ4v) is 7.05. The van der Waals surface area contributed by atoms with E-state index in [4.69, 9.17) is 9.38 Å². The van der Waals surface area contributed by atoms with Crippen molar-refractivity contribution in [2.45, 2.75) is 45.1 Å². The van der Waals surface area contributed by atoms with Gasteiger partial charge in [0.15, 0.2) is 17.4 Å².